The largest absolute Gasteiger partial charge is 0.311 e. The van der Waals surface area contributed by atoms with Gasteiger partial charge in [0.05, 0.1) is 11.8 Å². The number of hydrogen-bond donors (Lipinski definition) is 1. The quantitative estimate of drug-likeness (QED) is 0.875. The minimum atomic E-state index is -3.03. The number of rotatable bonds is 5. The maximum Gasteiger partial charge on any atom is 0.211 e. The molecule has 1 fully saturated rings. The fourth-order valence-corrected chi connectivity index (χ4v) is 3.73. The molecule has 1 aliphatic heterocycles. The van der Waals surface area contributed by atoms with Crippen molar-refractivity contribution in [1.29, 1.82) is 0 Å². The molecule has 0 spiro atoms. The fourth-order valence-electron chi connectivity index (χ4n) is 2.22. The molecular formula is C11H19N3O2S2. The molecule has 102 valence electrons. The molecule has 18 heavy (non-hydrogen) atoms. The van der Waals surface area contributed by atoms with Crippen LogP contribution in [0.2, 0.25) is 0 Å². The SMILES string of the molecule is CS(=O)(=O)N1CCCC(CNCc2cncs2)C1. The van der Waals surface area contributed by atoms with Crippen LogP contribution in [-0.2, 0) is 16.6 Å². The van der Waals surface area contributed by atoms with Crippen molar-refractivity contribution in [3.63, 3.8) is 0 Å². The first kappa shape index (κ1) is 13.9. The zero-order valence-corrected chi connectivity index (χ0v) is 12.1. The van der Waals surface area contributed by atoms with Gasteiger partial charge in [-0.3, -0.25) is 4.98 Å². The molecule has 0 saturated carbocycles. The van der Waals surface area contributed by atoms with Gasteiger partial charge in [-0.15, -0.1) is 11.3 Å². The van der Waals surface area contributed by atoms with Crippen LogP contribution in [0.5, 0.6) is 0 Å². The molecule has 2 rings (SSSR count). The van der Waals surface area contributed by atoms with E-state index in [2.05, 4.69) is 10.3 Å². The summed E-state index contributed by atoms with van der Waals surface area (Å²) in [6, 6.07) is 0. The Morgan fingerprint density at radius 2 is 2.44 bits per heavy atom. The van der Waals surface area contributed by atoms with Gasteiger partial charge in [-0.05, 0) is 25.3 Å². The molecule has 1 aliphatic rings. The van der Waals surface area contributed by atoms with Crippen LogP contribution in [0.15, 0.2) is 11.7 Å². The number of aromatic nitrogens is 1. The summed E-state index contributed by atoms with van der Waals surface area (Å²) in [4.78, 5) is 5.24. The highest BCUT2D eigenvalue weighted by atomic mass is 32.2. The second-order valence-corrected chi connectivity index (χ2v) is 7.68. The van der Waals surface area contributed by atoms with Crippen LogP contribution in [0.25, 0.3) is 0 Å². The number of nitrogens with zero attached hydrogens (tertiary/aromatic N) is 2. The van der Waals surface area contributed by atoms with Gasteiger partial charge in [0.25, 0.3) is 0 Å². The summed E-state index contributed by atoms with van der Waals surface area (Å²) in [5, 5.41) is 3.38. The van der Waals surface area contributed by atoms with Crippen molar-refractivity contribution in [3.8, 4) is 0 Å². The van der Waals surface area contributed by atoms with Gasteiger partial charge in [-0.25, -0.2) is 12.7 Å². The molecule has 2 heterocycles. The predicted molar refractivity (Wildman–Crippen MR) is 73.0 cm³/mol. The molecule has 1 atom stereocenters. The van der Waals surface area contributed by atoms with Crippen molar-refractivity contribution in [1.82, 2.24) is 14.6 Å². The Kier molecular flexibility index (Phi) is 4.71. The van der Waals surface area contributed by atoms with Crippen LogP contribution in [0.1, 0.15) is 17.7 Å². The third kappa shape index (κ3) is 4.01. The lowest BCUT2D eigenvalue weighted by Gasteiger charge is -2.31. The minimum absolute atomic E-state index is 0.418. The van der Waals surface area contributed by atoms with E-state index >= 15 is 0 Å². The molecule has 0 aromatic carbocycles. The van der Waals surface area contributed by atoms with Crippen LogP contribution >= 0.6 is 11.3 Å². The highest BCUT2D eigenvalue weighted by molar-refractivity contribution is 7.88. The first-order valence-corrected chi connectivity index (χ1v) is 8.81. The normalized spacial score (nSPS) is 22.2. The minimum Gasteiger partial charge on any atom is -0.311 e. The summed E-state index contributed by atoms with van der Waals surface area (Å²) in [5.41, 5.74) is 1.82. The van der Waals surface area contributed by atoms with Crippen LogP contribution in [0, 0.1) is 5.92 Å². The maximum atomic E-state index is 11.5. The molecule has 1 N–H and O–H groups in total. The molecule has 0 aliphatic carbocycles. The Balaban J connectivity index is 1.76. The number of sulfonamides is 1. The molecule has 0 radical (unpaired) electrons. The van der Waals surface area contributed by atoms with E-state index in [0.29, 0.717) is 19.0 Å². The van der Waals surface area contributed by atoms with E-state index in [4.69, 9.17) is 0 Å². The second kappa shape index (κ2) is 6.10. The van der Waals surface area contributed by atoms with Gasteiger partial charge >= 0.3 is 0 Å². The summed E-state index contributed by atoms with van der Waals surface area (Å²) in [7, 11) is -3.03. The fraction of sp³-hybridized carbons (Fsp3) is 0.727. The molecule has 1 aromatic heterocycles. The third-order valence-electron chi connectivity index (χ3n) is 3.17. The zero-order chi connectivity index (χ0) is 13.0. The van der Waals surface area contributed by atoms with Crippen molar-refractivity contribution in [2.75, 3.05) is 25.9 Å². The van der Waals surface area contributed by atoms with E-state index in [1.54, 1.807) is 15.6 Å². The standard InChI is InChI=1S/C11H19N3O2S2/c1-18(15,16)14-4-2-3-10(8-14)5-12-6-11-7-13-9-17-11/h7,9-10,12H,2-6,8H2,1H3. The van der Waals surface area contributed by atoms with Gasteiger partial charge in [0.1, 0.15) is 0 Å². The molecule has 1 saturated heterocycles. The van der Waals surface area contributed by atoms with Gasteiger partial charge in [-0.2, -0.15) is 0 Å². The van der Waals surface area contributed by atoms with Crippen LogP contribution in [0.3, 0.4) is 0 Å². The number of hydrogen-bond acceptors (Lipinski definition) is 5. The van der Waals surface area contributed by atoms with Crippen molar-refractivity contribution >= 4 is 21.4 Å². The maximum absolute atomic E-state index is 11.5. The number of piperidine rings is 1. The molecule has 7 heteroatoms. The molecule has 1 aromatic rings. The van der Waals surface area contributed by atoms with E-state index in [0.717, 1.165) is 25.9 Å². The summed E-state index contributed by atoms with van der Waals surface area (Å²) in [5.74, 6) is 0.418. The third-order valence-corrected chi connectivity index (χ3v) is 5.22. The van der Waals surface area contributed by atoms with Crippen molar-refractivity contribution in [2.45, 2.75) is 19.4 Å². The monoisotopic (exact) mass is 289 g/mol. The van der Waals surface area contributed by atoms with E-state index in [-0.39, 0.29) is 0 Å². The second-order valence-electron chi connectivity index (χ2n) is 4.73. The van der Waals surface area contributed by atoms with E-state index in [1.807, 2.05) is 11.7 Å². The van der Waals surface area contributed by atoms with Gasteiger partial charge in [0.15, 0.2) is 0 Å². The first-order chi connectivity index (χ1) is 8.55. The lowest BCUT2D eigenvalue weighted by Crippen LogP contribution is -2.42. The Labute approximate surface area is 112 Å². The number of thiazole rings is 1. The summed E-state index contributed by atoms with van der Waals surface area (Å²) in [6.07, 6.45) is 5.21. The van der Waals surface area contributed by atoms with Gasteiger partial charge in [0.2, 0.25) is 10.0 Å². The Morgan fingerprint density at radius 1 is 1.61 bits per heavy atom. The van der Waals surface area contributed by atoms with E-state index < -0.39 is 10.0 Å². The Bertz CT molecular complexity index is 459. The molecule has 1 unspecified atom stereocenters. The molecule has 0 amide bonds. The smallest absolute Gasteiger partial charge is 0.211 e. The van der Waals surface area contributed by atoms with Crippen LogP contribution in [-0.4, -0.2) is 43.6 Å². The number of nitrogens with one attached hydrogen (secondary N) is 1. The van der Waals surface area contributed by atoms with Crippen molar-refractivity contribution in [3.05, 3.63) is 16.6 Å². The summed E-state index contributed by atoms with van der Waals surface area (Å²) < 4.78 is 24.6. The van der Waals surface area contributed by atoms with Gasteiger partial charge in [0, 0.05) is 30.7 Å². The molecule has 5 nitrogen and oxygen atoms in total. The van der Waals surface area contributed by atoms with Gasteiger partial charge in [-0.1, -0.05) is 0 Å². The van der Waals surface area contributed by atoms with Crippen LogP contribution < -0.4 is 5.32 Å². The Morgan fingerprint density at radius 3 is 3.11 bits per heavy atom. The van der Waals surface area contributed by atoms with E-state index in [9.17, 15) is 8.42 Å². The molecular weight excluding hydrogens is 270 g/mol. The first-order valence-electron chi connectivity index (χ1n) is 6.09. The lowest BCUT2D eigenvalue weighted by atomic mass is 10.00. The summed E-state index contributed by atoms with van der Waals surface area (Å²) in [6.45, 7) is 3.00. The highest BCUT2D eigenvalue weighted by Gasteiger charge is 2.25. The zero-order valence-electron chi connectivity index (χ0n) is 10.5. The topological polar surface area (TPSA) is 62.3 Å². The van der Waals surface area contributed by atoms with Gasteiger partial charge < -0.3 is 5.32 Å². The van der Waals surface area contributed by atoms with Crippen molar-refractivity contribution in [2.24, 2.45) is 5.92 Å². The van der Waals surface area contributed by atoms with E-state index in [1.165, 1.54) is 11.1 Å². The Hall–Kier alpha value is -0.500. The lowest BCUT2D eigenvalue weighted by molar-refractivity contribution is 0.261. The van der Waals surface area contributed by atoms with Crippen molar-refractivity contribution < 1.29 is 8.42 Å². The predicted octanol–water partition coefficient (Wildman–Crippen LogP) is 0.904. The van der Waals surface area contributed by atoms with Crippen LogP contribution in [0.4, 0.5) is 0 Å². The highest BCUT2D eigenvalue weighted by Crippen LogP contribution is 2.18. The average Bonchev–Trinajstić information content (AvgIpc) is 2.81. The molecule has 0 bridgehead atoms. The summed E-state index contributed by atoms with van der Waals surface area (Å²) >= 11 is 1.63. The average molecular weight is 289 g/mol.